The van der Waals surface area contributed by atoms with Crippen molar-refractivity contribution in [2.75, 3.05) is 26.4 Å². The maximum Gasteiger partial charge on any atom is 0.253 e. The largest absolute Gasteiger partial charge is 0.397 e. The van der Waals surface area contributed by atoms with Gasteiger partial charge in [0, 0.05) is 12.1 Å². The van der Waals surface area contributed by atoms with Crippen molar-refractivity contribution in [1.29, 1.82) is 0 Å². The van der Waals surface area contributed by atoms with Crippen molar-refractivity contribution in [3.63, 3.8) is 0 Å². The molecular formula is C15H24N4O. The number of carbonyl (C=O) groups is 1. The molecular weight excluding hydrogens is 252 g/mol. The molecule has 1 aliphatic carbocycles. The Morgan fingerprint density at radius 3 is 2.70 bits per heavy atom. The molecule has 1 aromatic heterocycles. The van der Waals surface area contributed by atoms with E-state index in [1.807, 2.05) is 6.92 Å². The number of nitrogens with one attached hydrogen (secondary N) is 1. The van der Waals surface area contributed by atoms with Gasteiger partial charge in [-0.3, -0.25) is 9.78 Å². The first-order valence-corrected chi connectivity index (χ1v) is 7.12. The second-order valence-corrected chi connectivity index (χ2v) is 5.91. The van der Waals surface area contributed by atoms with Crippen molar-refractivity contribution in [2.24, 2.45) is 0 Å². The minimum Gasteiger partial charge on any atom is -0.397 e. The van der Waals surface area contributed by atoms with Gasteiger partial charge in [-0.15, -0.1) is 0 Å². The lowest BCUT2D eigenvalue weighted by Crippen LogP contribution is -2.50. The summed E-state index contributed by atoms with van der Waals surface area (Å²) >= 11 is 0. The van der Waals surface area contributed by atoms with E-state index >= 15 is 0 Å². The second-order valence-electron chi connectivity index (χ2n) is 5.91. The summed E-state index contributed by atoms with van der Waals surface area (Å²) in [6, 6.07) is 1.69. The van der Waals surface area contributed by atoms with Crippen LogP contribution in [0.25, 0.3) is 0 Å². The zero-order valence-electron chi connectivity index (χ0n) is 12.6. The second kappa shape index (κ2) is 5.79. The average Bonchev–Trinajstić information content (AvgIpc) is 2.89. The van der Waals surface area contributed by atoms with Crippen LogP contribution in [0.15, 0.2) is 12.3 Å². The Hall–Kier alpha value is -1.62. The van der Waals surface area contributed by atoms with Gasteiger partial charge in [0.2, 0.25) is 0 Å². The van der Waals surface area contributed by atoms with E-state index in [-0.39, 0.29) is 11.4 Å². The molecule has 0 atom stereocenters. The number of hydrogen-bond acceptors (Lipinski definition) is 4. The zero-order chi connectivity index (χ0) is 14.8. The van der Waals surface area contributed by atoms with Crippen LogP contribution in [0.3, 0.4) is 0 Å². The van der Waals surface area contributed by atoms with Crippen LogP contribution in [0, 0.1) is 6.92 Å². The lowest BCUT2D eigenvalue weighted by molar-refractivity contribution is 0.0899. The Bertz CT molecular complexity index is 493. The standard InChI is InChI=1S/C15H24N4O/c1-11-13(8-12(16)9-17-11)14(20)18-10-15(19(2)3)6-4-5-7-15/h8-9H,4-7,10,16H2,1-3H3,(H,18,20). The first-order chi connectivity index (χ1) is 9.44. The highest BCUT2D eigenvalue weighted by Gasteiger charge is 2.36. The van der Waals surface area contributed by atoms with Crippen LogP contribution in [0.2, 0.25) is 0 Å². The number of nitrogens with zero attached hydrogens (tertiary/aromatic N) is 2. The minimum absolute atomic E-state index is 0.0876. The van der Waals surface area contributed by atoms with Crippen molar-refractivity contribution >= 4 is 11.6 Å². The summed E-state index contributed by atoms with van der Waals surface area (Å²) in [5.74, 6) is -0.0876. The Kier molecular flexibility index (Phi) is 4.28. The third-order valence-corrected chi connectivity index (χ3v) is 4.41. The number of nitrogen functional groups attached to an aromatic ring is 1. The Balaban J connectivity index is 2.06. The van der Waals surface area contributed by atoms with Gasteiger partial charge in [-0.2, -0.15) is 0 Å². The van der Waals surface area contributed by atoms with E-state index < -0.39 is 0 Å². The lowest BCUT2D eigenvalue weighted by Gasteiger charge is -2.36. The minimum atomic E-state index is -0.0876. The topological polar surface area (TPSA) is 71.2 Å². The third kappa shape index (κ3) is 2.93. The van der Waals surface area contributed by atoms with Crippen LogP contribution in [0.1, 0.15) is 41.7 Å². The highest BCUT2D eigenvalue weighted by atomic mass is 16.1. The van der Waals surface area contributed by atoms with Crippen LogP contribution < -0.4 is 11.1 Å². The molecule has 1 amide bonds. The van der Waals surface area contributed by atoms with Crippen molar-refractivity contribution in [2.45, 2.75) is 38.1 Å². The summed E-state index contributed by atoms with van der Waals surface area (Å²) < 4.78 is 0. The molecule has 0 spiro atoms. The Labute approximate surface area is 120 Å². The van der Waals surface area contributed by atoms with Crippen LogP contribution in [0.5, 0.6) is 0 Å². The van der Waals surface area contributed by atoms with Gasteiger partial charge in [-0.1, -0.05) is 12.8 Å². The maximum atomic E-state index is 12.3. The molecule has 0 bridgehead atoms. The van der Waals surface area contributed by atoms with Crippen LogP contribution in [-0.4, -0.2) is 42.0 Å². The highest BCUT2D eigenvalue weighted by molar-refractivity contribution is 5.96. The van der Waals surface area contributed by atoms with E-state index in [1.165, 1.54) is 12.8 Å². The first-order valence-electron chi connectivity index (χ1n) is 7.12. The molecule has 1 aliphatic rings. The Morgan fingerprint density at radius 2 is 2.10 bits per heavy atom. The number of carbonyl (C=O) groups excluding carboxylic acids is 1. The quantitative estimate of drug-likeness (QED) is 0.876. The molecule has 0 aromatic carbocycles. The fourth-order valence-electron chi connectivity index (χ4n) is 2.93. The number of amides is 1. The number of aryl methyl sites for hydroxylation is 1. The van der Waals surface area contributed by atoms with Crippen LogP contribution in [-0.2, 0) is 0 Å². The summed E-state index contributed by atoms with van der Waals surface area (Å²) in [6.07, 6.45) is 6.30. The van der Waals surface area contributed by atoms with Crippen LogP contribution >= 0.6 is 0 Å². The van der Waals surface area contributed by atoms with Gasteiger partial charge in [0.1, 0.15) is 0 Å². The molecule has 1 fully saturated rings. The normalized spacial score (nSPS) is 17.4. The fourth-order valence-corrected chi connectivity index (χ4v) is 2.93. The number of anilines is 1. The van der Waals surface area contributed by atoms with Gasteiger partial charge in [0.15, 0.2) is 0 Å². The number of likely N-dealkylation sites (N-methyl/N-ethyl adjacent to an activating group) is 1. The molecule has 0 unspecified atom stereocenters. The number of rotatable bonds is 4. The van der Waals surface area contributed by atoms with Gasteiger partial charge >= 0.3 is 0 Å². The van der Waals surface area contributed by atoms with Gasteiger partial charge in [0.05, 0.1) is 23.1 Å². The molecule has 1 heterocycles. The predicted octanol–water partition coefficient (Wildman–Crippen LogP) is 1.58. The molecule has 5 nitrogen and oxygen atoms in total. The van der Waals surface area contributed by atoms with E-state index in [0.717, 1.165) is 12.8 Å². The van der Waals surface area contributed by atoms with E-state index in [4.69, 9.17) is 5.73 Å². The molecule has 3 N–H and O–H groups in total. The van der Waals surface area contributed by atoms with E-state index in [2.05, 4.69) is 29.3 Å². The molecule has 0 saturated heterocycles. The lowest BCUT2D eigenvalue weighted by atomic mass is 9.96. The first kappa shape index (κ1) is 14.8. The summed E-state index contributed by atoms with van der Waals surface area (Å²) in [5.41, 5.74) is 7.60. The van der Waals surface area contributed by atoms with Gasteiger partial charge in [-0.05, 0) is 39.9 Å². The SMILES string of the molecule is Cc1ncc(N)cc1C(=O)NCC1(N(C)C)CCCC1. The van der Waals surface area contributed by atoms with Gasteiger partial charge in [0.25, 0.3) is 5.91 Å². The van der Waals surface area contributed by atoms with E-state index in [0.29, 0.717) is 23.5 Å². The monoisotopic (exact) mass is 276 g/mol. The number of hydrogen-bond donors (Lipinski definition) is 2. The van der Waals surface area contributed by atoms with Gasteiger partial charge in [-0.25, -0.2) is 0 Å². The number of pyridine rings is 1. The molecule has 20 heavy (non-hydrogen) atoms. The predicted molar refractivity (Wildman–Crippen MR) is 80.6 cm³/mol. The summed E-state index contributed by atoms with van der Waals surface area (Å²) in [7, 11) is 4.18. The van der Waals surface area contributed by atoms with Gasteiger partial charge < -0.3 is 16.0 Å². The molecule has 0 aliphatic heterocycles. The molecule has 1 aromatic rings. The van der Waals surface area contributed by atoms with E-state index in [1.54, 1.807) is 12.3 Å². The third-order valence-electron chi connectivity index (χ3n) is 4.41. The summed E-state index contributed by atoms with van der Waals surface area (Å²) in [5, 5.41) is 3.05. The average molecular weight is 276 g/mol. The van der Waals surface area contributed by atoms with Crippen LogP contribution in [0.4, 0.5) is 5.69 Å². The molecule has 110 valence electrons. The highest BCUT2D eigenvalue weighted by Crippen LogP contribution is 2.33. The molecule has 0 radical (unpaired) electrons. The summed E-state index contributed by atoms with van der Waals surface area (Å²) in [4.78, 5) is 18.7. The molecule has 5 heteroatoms. The van der Waals surface area contributed by atoms with Crippen molar-refractivity contribution < 1.29 is 4.79 Å². The van der Waals surface area contributed by atoms with Crippen molar-refractivity contribution in [3.8, 4) is 0 Å². The Morgan fingerprint density at radius 1 is 1.45 bits per heavy atom. The summed E-state index contributed by atoms with van der Waals surface area (Å²) in [6.45, 7) is 2.50. The smallest absolute Gasteiger partial charge is 0.253 e. The molecule has 2 rings (SSSR count). The van der Waals surface area contributed by atoms with E-state index in [9.17, 15) is 4.79 Å². The fraction of sp³-hybridized carbons (Fsp3) is 0.600. The van der Waals surface area contributed by atoms with Crippen molar-refractivity contribution in [1.82, 2.24) is 15.2 Å². The molecule has 1 saturated carbocycles. The zero-order valence-corrected chi connectivity index (χ0v) is 12.6. The maximum absolute atomic E-state index is 12.3. The van der Waals surface area contributed by atoms with Crippen molar-refractivity contribution in [3.05, 3.63) is 23.5 Å². The number of aromatic nitrogens is 1. The number of nitrogens with two attached hydrogens (primary N) is 1.